The minimum atomic E-state index is -1.10. The van der Waals surface area contributed by atoms with Crippen LogP contribution in [-0.2, 0) is 9.59 Å². The number of carboxylic acid groups (broad SMARTS) is 1. The number of benzene rings is 1. The summed E-state index contributed by atoms with van der Waals surface area (Å²) in [7, 11) is 0. The molecule has 0 aliphatic heterocycles. The van der Waals surface area contributed by atoms with Gasteiger partial charge in [0, 0.05) is 6.42 Å². The average molecular weight is 265 g/mol. The molecule has 6 heteroatoms. The highest BCUT2D eigenvalue weighted by Crippen LogP contribution is 2.13. The SMILES string of the molecule is Cc1ccc(NNC(=O)CC[C@H](N)C(=O)O)cc1C. The Morgan fingerprint density at radius 2 is 2.00 bits per heavy atom. The number of hydrogen-bond acceptors (Lipinski definition) is 4. The van der Waals surface area contributed by atoms with Crippen LogP contribution in [0.5, 0.6) is 0 Å². The van der Waals surface area contributed by atoms with Crippen LogP contribution >= 0.6 is 0 Å². The van der Waals surface area contributed by atoms with Crippen LogP contribution in [0.4, 0.5) is 5.69 Å². The summed E-state index contributed by atoms with van der Waals surface area (Å²) < 4.78 is 0. The molecule has 104 valence electrons. The van der Waals surface area contributed by atoms with Gasteiger partial charge in [-0.1, -0.05) is 6.07 Å². The molecule has 0 saturated heterocycles. The van der Waals surface area contributed by atoms with Crippen LogP contribution in [0.2, 0.25) is 0 Å². The van der Waals surface area contributed by atoms with Gasteiger partial charge in [-0.2, -0.15) is 0 Å². The van der Waals surface area contributed by atoms with Crippen LogP contribution in [0.15, 0.2) is 18.2 Å². The number of rotatable bonds is 6. The van der Waals surface area contributed by atoms with E-state index < -0.39 is 12.0 Å². The second-order valence-electron chi connectivity index (χ2n) is 4.46. The second-order valence-corrected chi connectivity index (χ2v) is 4.46. The summed E-state index contributed by atoms with van der Waals surface area (Å²) in [4.78, 5) is 22.0. The van der Waals surface area contributed by atoms with Gasteiger partial charge < -0.3 is 10.8 Å². The Morgan fingerprint density at radius 3 is 2.58 bits per heavy atom. The molecule has 0 aromatic heterocycles. The monoisotopic (exact) mass is 265 g/mol. The highest BCUT2D eigenvalue weighted by molar-refractivity contribution is 5.79. The zero-order chi connectivity index (χ0) is 14.4. The standard InChI is InChI=1S/C13H19N3O3/c1-8-3-4-10(7-9(8)2)15-16-12(17)6-5-11(14)13(18)19/h3-4,7,11,15H,5-6,14H2,1-2H3,(H,16,17)(H,18,19)/t11-/m0/s1. The van der Waals surface area contributed by atoms with E-state index in [0.717, 1.165) is 11.3 Å². The Balaban J connectivity index is 2.37. The molecule has 1 rings (SSSR count). The third kappa shape index (κ3) is 4.97. The van der Waals surface area contributed by atoms with Crippen LogP contribution in [0, 0.1) is 13.8 Å². The number of nitrogens with one attached hydrogen (secondary N) is 2. The highest BCUT2D eigenvalue weighted by Gasteiger charge is 2.13. The third-order valence-electron chi connectivity index (χ3n) is 2.85. The van der Waals surface area contributed by atoms with Crippen molar-refractivity contribution in [3.63, 3.8) is 0 Å². The summed E-state index contributed by atoms with van der Waals surface area (Å²) in [6.07, 6.45) is 0.168. The lowest BCUT2D eigenvalue weighted by Gasteiger charge is -2.11. The first-order valence-corrected chi connectivity index (χ1v) is 6.00. The van der Waals surface area contributed by atoms with Crippen molar-refractivity contribution < 1.29 is 14.7 Å². The number of anilines is 1. The maximum Gasteiger partial charge on any atom is 0.320 e. The molecule has 0 aliphatic carbocycles. The van der Waals surface area contributed by atoms with Gasteiger partial charge in [-0.05, 0) is 43.5 Å². The van der Waals surface area contributed by atoms with Crippen LogP contribution in [0.3, 0.4) is 0 Å². The Hall–Kier alpha value is -2.08. The van der Waals surface area contributed by atoms with Crippen molar-refractivity contribution in [2.75, 3.05) is 5.43 Å². The topological polar surface area (TPSA) is 104 Å². The zero-order valence-corrected chi connectivity index (χ0v) is 11.1. The average Bonchev–Trinajstić information content (AvgIpc) is 2.37. The summed E-state index contributed by atoms with van der Waals surface area (Å²) in [5.74, 6) is -1.40. The van der Waals surface area contributed by atoms with Crippen molar-refractivity contribution in [1.82, 2.24) is 5.43 Å². The third-order valence-corrected chi connectivity index (χ3v) is 2.85. The van der Waals surface area contributed by atoms with Crippen molar-refractivity contribution in [2.45, 2.75) is 32.7 Å². The number of amides is 1. The van der Waals surface area contributed by atoms with Crippen LogP contribution in [0.1, 0.15) is 24.0 Å². The van der Waals surface area contributed by atoms with E-state index >= 15 is 0 Å². The molecule has 0 radical (unpaired) electrons. The first-order valence-electron chi connectivity index (χ1n) is 6.00. The van der Waals surface area contributed by atoms with Crippen molar-refractivity contribution in [3.8, 4) is 0 Å². The van der Waals surface area contributed by atoms with E-state index in [1.54, 1.807) is 0 Å². The lowest BCUT2D eigenvalue weighted by Crippen LogP contribution is -2.34. The number of carbonyl (C=O) groups excluding carboxylic acids is 1. The number of nitrogens with two attached hydrogens (primary N) is 1. The molecule has 1 amide bonds. The lowest BCUT2D eigenvalue weighted by molar-refractivity contribution is -0.138. The number of aliphatic carboxylic acids is 1. The molecular formula is C13H19N3O3. The molecule has 5 N–H and O–H groups in total. The maximum atomic E-state index is 11.5. The lowest BCUT2D eigenvalue weighted by atomic mass is 10.1. The minimum absolute atomic E-state index is 0.0608. The fourth-order valence-electron chi connectivity index (χ4n) is 1.43. The summed E-state index contributed by atoms with van der Waals surface area (Å²) in [5.41, 5.74) is 13.7. The molecule has 1 atom stereocenters. The fraction of sp³-hybridized carbons (Fsp3) is 0.385. The number of aryl methyl sites for hydroxylation is 2. The van der Waals surface area contributed by atoms with E-state index in [9.17, 15) is 9.59 Å². The number of carboxylic acids is 1. The van der Waals surface area contributed by atoms with E-state index in [1.165, 1.54) is 5.56 Å². The second kappa shape index (κ2) is 6.75. The number of hydrazine groups is 1. The van der Waals surface area contributed by atoms with E-state index in [-0.39, 0.29) is 18.7 Å². The first kappa shape index (κ1) is 15.0. The summed E-state index contributed by atoms with van der Waals surface area (Å²) in [6.45, 7) is 3.99. The maximum absolute atomic E-state index is 11.5. The van der Waals surface area contributed by atoms with Crippen molar-refractivity contribution in [2.24, 2.45) is 5.73 Å². The molecule has 0 aliphatic rings. The first-order chi connectivity index (χ1) is 8.90. The van der Waals surface area contributed by atoms with E-state index in [1.807, 2.05) is 32.0 Å². The van der Waals surface area contributed by atoms with Gasteiger partial charge in [-0.3, -0.25) is 20.4 Å². The quantitative estimate of drug-likeness (QED) is 0.573. The molecule has 1 aromatic carbocycles. The number of hydrogen-bond donors (Lipinski definition) is 4. The van der Waals surface area contributed by atoms with Gasteiger partial charge in [0.15, 0.2) is 0 Å². The fourth-order valence-corrected chi connectivity index (χ4v) is 1.43. The molecule has 0 spiro atoms. The van der Waals surface area contributed by atoms with Gasteiger partial charge in [0.1, 0.15) is 6.04 Å². The zero-order valence-electron chi connectivity index (χ0n) is 11.1. The van der Waals surface area contributed by atoms with Gasteiger partial charge in [0.2, 0.25) is 5.91 Å². The Bertz CT molecular complexity index is 474. The van der Waals surface area contributed by atoms with E-state index in [0.29, 0.717) is 0 Å². The summed E-state index contributed by atoms with van der Waals surface area (Å²) >= 11 is 0. The highest BCUT2D eigenvalue weighted by atomic mass is 16.4. The molecule has 0 saturated carbocycles. The molecule has 19 heavy (non-hydrogen) atoms. The van der Waals surface area contributed by atoms with Crippen molar-refractivity contribution >= 4 is 17.6 Å². The normalized spacial score (nSPS) is 11.7. The molecule has 0 unspecified atom stereocenters. The van der Waals surface area contributed by atoms with Crippen LogP contribution < -0.4 is 16.6 Å². The van der Waals surface area contributed by atoms with Crippen molar-refractivity contribution in [3.05, 3.63) is 29.3 Å². The molecule has 0 fully saturated rings. The smallest absolute Gasteiger partial charge is 0.320 e. The van der Waals surface area contributed by atoms with Crippen molar-refractivity contribution in [1.29, 1.82) is 0 Å². The number of carbonyl (C=O) groups is 2. The van der Waals surface area contributed by atoms with Gasteiger partial charge in [-0.25, -0.2) is 0 Å². The minimum Gasteiger partial charge on any atom is -0.480 e. The van der Waals surface area contributed by atoms with Gasteiger partial charge in [0.25, 0.3) is 0 Å². The summed E-state index contributed by atoms with van der Waals surface area (Å²) in [5, 5.41) is 8.59. The van der Waals surface area contributed by atoms with Gasteiger partial charge >= 0.3 is 5.97 Å². The van der Waals surface area contributed by atoms with Gasteiger partial charge in [0.05, 0.1) is 5.69 Å². The molecule has 0 heterocycles. The predicted octanol–water partition coefficient (Wildman–Crippen LogP) is 0.939. The van der Waals surface area contributed by atoms with Crippen LogP contribution in [-0.4, -0.2) is 23.0 Å². The molecule has 1 aromatic rings. The molecule has 6 nitrogen and oxygen atoms in total. The molecular weight excluding hydrogens is 246 g/mol. The largest absolute Gasteiger partial charge is 0.480 e. The Kier molecular flexibility index (Phi) is 5.32. The summed E-state index contributed by atoms with van der Waals surface area (Å²) in [6, 6.07) is 4.71. The predicted molar refractivity (Wildman–Crippen MR) is 72.5 cm³/mol. The van der Waals surface area contributed by atoms with E-state index in [2.05, 4.69) is 10.9 Å². The van der Waals surface area contributed by atoms with E-state index in [4.69, 9.17) is 10.8 Å². The Labute approximate surface area is 112 Å². The van der Waals surface area contributed by atoms with Crippen LogP contribution in [0.25, 0.3) is 0 Å². The van der Waals surface area contributed by atoms with Gasteiger partial charge in [-0.15, -0.1) is 0 Å². The molecule has 0 bridgehead atoms. The Morgan fingerprint density at radius 1 is 1.32 bits per heavy atom.